The van der Waals surface area contributed by atoms with Crippen molar-refractivity contribution in [2.75, 3.05) is 5.32 Å². The van der Waals surface area contributed by atoms with E-state index in [4.69, 9.17) is 0 Å². The van der Waals surface area contributed by atoms with E-state index in [0.717, 1.165) is 11.8 Å². The molecule has 1 aromatic carbocycles. The number of anilines is 1. The molecule has 5 nitrogen and oxygen atoms in total. The number of hydrogen-bond donors (Lipinski definition) is 2. The number of amides is 1. The Morgan fingerprint density at radius 2 is 1.54 bits per heavy atom. The summed E-state index contributed by atoms with van der Waals surface area (Å²) in [5.41, 5.74) is 0.602. The van der Waals surface area contributed by atoms with Crippen LogP contribution in [0, 0.1) is 29.6 Å². The first kappa shape index (κ1) is 18.0. The van der Waals surface area contributed by atoms with Crippen LogP contribution in [0.1, 0.15) is 46.0 Å². The third kappa shape index (κ3) is 3.41. The minimum atomic E-state index is -3.55. The van der Waals surface area contributed by atoms with Crippen molar-refractivity contribution in [1.82, 2.24) is 4.72 Å². The summed E-state index contributed by atoms with van der Waals surface area (Å²) in [7, 11) is -3.55. The lowest BCUT2D eigenvalue weighted by Crippen LogP contribution is -2.52. The molecule has 4 saturated carbocycles. The topological polar surface area (TPSA) is 75.3 Å². The second kappa shape index (κ2) is 6.64. The summed E-state index contributed by atoms with van der Waals surface area (Å²) >= 11 is 0. The van der Waals surface area contributed by atoms with Crippen molar-refractivity contribution in [1.29, 1.82) is 0 Å². The van der Waals surface area contributed by atoms with E-state index in [0.29, 0.717) is 23.4 Å². The Bertz CT molecular complexity index is 760. The average Bonchev–Trinajstić information content (AvgIpc) is 2.53. The normalized spacial score (nSPS) is 33.8. The maximum absolute atomic E-state index is 12.8. The third-order valence-corrected chi connectivity index (χ3v) is 8.28. The molecule has 2 N–H and O–H groups in total. The lowest BCUT2D eigenvalue weighted by Gasteiger charge is -2.56. The first-order valence-electron chi connectivity index (χ1n) is 9.72. The molecule has 1 amide bonds. The first-order valence-corrected chi connectivity index (χ1v) is 11.2. The number of carbonyl (C=O) groups is 1. The van der Waals surface area contributed by atoms with E-state index in [1.807, 2.05) is 6.92 Å². The highest BCUT2D eigenvalue weighted by Crippen LogP contribution is 2.57. The molecule has 0 aliphatic heterocycles. The van der Waals surface area contributed by atoms with Crippen molar-refractivity contribution in [2.24, 2.45) is 29.6 Å². The van der Waals surface area contributed by atoms with Crippen LogP contribution < -0.4 is 10.0 Å². The first-order chi connectivity index (χ1) is 12.3. The Labute approximate surface area is 156 Å². The Kier molecular flexibility index (Phi) is 4.59. The molecule has 0 aromatic heterocycles. The fourth-order valence-electron chi connectivity index (χ4n) is 6.10. The second-order valence-corrected chi connectivity index (χ2v) is 10.3. The van der Waals surface area contributed by atoms with Gasteiger partial charge in [-0.15, -0.1) is 0 Å². The van der Waals surface area contributed by atoms with Gasteiger partial charge in [-0.1, -0.05) is 0 Å². The van der Waals surface area contributed by atoms with Crippen molar-refractivity contribution in [3.05, 3.63) is 24.3 Å². The zero-order valence-corrected chi connectivity index (χ0v) is 16.3. The molecule has 4 aliphatic rings. The number of nitrogens with one attached hydrogen (secondary N) is 2. The fraction of sp³-hybridized carbons (Fsp3) is 0.650. The van der Waals surface area contributed by atoms with E-state index in [9.17, 15) is 13.2 Å². The van der Waals surface area contributed by atoms with Crippen molar-refractivity contribution < 1.29 is 13.2 Å². The average molecular weight is 377 g/mol. The number of carbonyl (C=O) groups excluding carboxylic acids is 1. The van der Waals surface area contributed by atoms with Gasteiger partial charge in [0.15, 0.2) is 0 Å². The molecule has 0 heterocycles. The van der Waals surface area contributed by atoms with Crippen LogP contribution in [0.25, 0.3) is 0 Å². The molecular weight excluding hydrogens is 348 g/mol. The van der Waals surface area contributed by atoms with E-state index in [1.54, 1.807) is 24.3 Å². The molecule has 5 rings (SSSR count). The Balaban J connectivity index is 1.46. The molecule has 0 saturated heterocycles. The van der Waals surface area contributed by atoms with Crippen molar-refractivity contribution in [2.45, 2.75) is 56.9 Å². The van der Waals surface area contributed by atoms with Crippen LogP contribution in [0.15, 0.2) is 29.2 Å². The highest BCUT2D eigenvalue weighted by atomic mass is 32.2. The number of benzene rings is 1. The van der Waals surface area contributed by atoms with E-state index < -0.39 is 10.0 Å². The fourth-order valence-corrected chi connectivity index (χ4v) is 7.37. The Hall–Kier alpha value is -1.40. The standard InChI is InChI=1S/C20H28N2O3S/c1-12(20-16-8-14-7-15(10-16)11-17(20)9-14)22-26(24,25)19-5-3-18(4-6-19)21-13(2)23/h3-6,12,14-17,20,22H,7-11H2,1-2H3,(H,21,23)/t12-,14?,15?,16?,17?,20?/m0/s1. The van der Waals surface area contributed by atoms with Gasteiger partial charge in [-0.3, -0.25) is 4.79 Å². The molecule has 4 aliphatic carbocycles. The van der Waals surface area contributed by atoms with Gasteiger partial charge in [-0.25, -0.2) is 13.1 Å². The van der Waals surface area contributed by atoms with Crippen LogP contribution >= 0.6 is 0 Å². The van der Waals surface area contributed by atoms with Gasteiger partial charge in [0.1, 0.15) is 0 Å². The maximum atomic E-state index is 12.8. The predicted molar refractivity (Wildman–Crippen MR) is 101 cm³/mol. The molecule has 1 atom stereocenters. The van der Waals surface area contributed by atoms with Gasteiger partial charge in [0.2, 0.25) is 15.9 Å². The molecule has 0 spiro atoms. The summed E-state index contributed by atoms with van der Waals surface area (Å²) in [5.74, 6) is 3.44. The molecule has 1 aromatic rings. The molecule has 4 bridgehead atoms. The minimum absolute atomic E-state index is 0.0370. The molecule has 6 heteroatoms. The lowest BCUT2D eigenvalue weighted by atomic mass is 9.51. The highest BCUT2D eigenvalue weighted by Gasteiger charge is 2.50. The van der Waals surface area contributed by atoms with Crippen LogP contribution in [0.5, 0.6) is 0 Å². The minimum Gasteiger partial charge on any atom is -0.326 e. The summed E-state index contributed by atoms with van der Waals surface area (Å²) < 4.78 is 28.6. The predicted octanol–water partition coefficient (Wildman–Crippen LogP) is 3.38. The second-order valence-electron chi connectivity index (χ2n) is 8.62. The van der Waals surface area contributed by atoms with Crippen LogP contribution in [-0.2, 0) is 14.8 Å². The highest BCUT2D eigenvalue weighted by molar-refractivity contribution is 7.89. The molecular formula is C20H28N2O3S. The van der Waals surface area contributed by atoms with Crippen molar-refractivity contribution in [3.8, 4) is 0 Å². The quantitative estimate of drug-likeness (QED) is 0.827. The van der Waals surface area contributed by atoms with Gasteiger partial charge in [0, 0.05) is 18.7 Å². The number of hydrogen-bond acceptors (Lipinski definition) is 3. The number of sulfonamides is 1. The van der Waals surface area contributed by atoms with Gasteiger partial charge in [-0.05, 0) is 92.9 Å². The van der Waals surface area contributed by atoms with Gasteiger partial charge in [-0.2, -0.15) is 0 Å². The molecule has 4 fully saturated rings. The largest absolute Gasteiger partial charge is 0.326 e. The molecule has 0 unspecified atom stereocenters. The lowest BCUT2D eigenvalue weighted by molar-refractivity contribution is -0.114. The van der Waals surface area contributed by atoms with Gasteiger partial charge in [0.25, 0.3) is 0 Å². The van der Waals surface area contributed by atoms with Gasteiger partial charge < -0.3 is 5.32 Å². The Morgan fingerprint density at radius 3 is 2.04 bits per heavy atom. The smallest absolute Gasteiger partial charge is 0.240 e. The van der Waals surface area contributed by atoms with E-state index in [2.05, 4.69) is 10.0 Å². The van der Waals surface area contributed by atoms with Gasteiger partial charge >= 0.3 is 0 Å². The van der Waals surface area contributed by atoms with Crippen LogP contribution in [0.3, 0.4) is 0 Å². The van der Waals surface area contributed by atoms with Gasteiger partial charge in [0.05, 0.1) is 4.90 Å². The van der Waals surface area contributed by atoms with Crippen LogP contribution in [-0.4, -0.2) is 20.4 Å². The van der Waals surface area contributed by atoms with Crippen molar-refractivity contribution in [3.63, 3.8) is 0 Å². The summed E-state index contributed by atoms with van der Waals surface area (Å²) in [5, 5.41) is 2.66. The monoisotopic (exact) mass is 376 g/mol. The maximum Gasteiger partial charge on any atom is 0.240 e. The summed E-state index contributed by atoms with van der Waals surface area (Å²) in [6, 6.07) is 6.33. The van der Waals surface area contributed by atoms with Crippen LogP contribution in [0.2, 0.25) is 0 Å². The summed E-state index contributed by atoms with van der Waals surface area (Å²) in [6.45, 7) is 3.47. The van der Waals surface area contributed by atoms with E-state index in [-0.39, 0.29) is 16.8 Å². The summed E-state index contributed by atoms with van der Waals surface area (Å²) in [4.78, 5) is 11.3. The van der Waals surface area contributed by atoms with E-state index >= 15 is 0 Å². The molecule has 0 radical (unpaired) electrons. The summed E-state index contributed by atoms with van der Waals surface area (Å²) in [6.07, 6.45) is 6.55. The van der Waals surface area contributed by atoms with E-state index in [1.165, 1.54) is 39.0 Å². The zero-order chi connectivity index (χ0) is 18.5. The third-order valence-electron chi connectivity index (χ3n) is 6.70. The van der Waals surface area contributed by atoms with Crippen molar-refractivity contribution >= 4 is 21.6 Å². The zero-order valence-electron chi connectivity index (χ0n) is 15.4. The van der Waals surface area contributed by atoms with Crippen LogP contribution in [0.4, 0.5) is 5.69 Å². The SMILES string of the molecule is CC(=O)Nc1ccc(S(=O)(=O)N[C@@H](C)C2C3CC4CC(C3)CC2C4)cc1. The molecule has 142 valence electrons. The number of rotatable bonds is 5. The molecule has 26 heavy (non-hydrogen) atoms. The Morgan fingerprint density at radius 1 is 1.00 bits per heavy atom.